The minimum Gasteiger partial charge on any atom is -0.497 e. The number of rotatable bonds is 8. The van der Waals surface area contributed by atoms with Crippen molar-refractivity contribution in [2.24, 2.45) is 5.92 Å². The summed E-state index contributed by atoms with van der Waals surface area (Å²) in [5.74, 6) is -1.42. The van der Waals surface area contributed by atoms with Crippen LogP contribution in [0.15, 0.2) is 42.5 Å². The van der Waals surface area contributed by atoms with Crippen LogP contribution in [0.25, 0.3) is 0 Å². The van der Waals surface area contributed by atoms with E-state index in [1.54, 1.807) is 51.1 Å². The summed E-state index contributed by atoms with van der Waals surface area (Å²) >= 11 is 0. The highest BCUT2D eigenvalue weighted by Gasteiger charge is 2.32. The van der Waals surface area contributed by atoms with E-state index in [9.17, 15) is 19.2 Å². The number of anilines is 2. The number of hydrogen-bond donors (Lipinski definition) is 2. The van der Waals surface area contributed by atoms with E-state index >= 15 is 0 Å². The fraction of sp³-hybridized carbons (Fsp3) is 0.385. The maximum atomic E-state index is 13.1. The molecular formula is C26H31N3O7. The van der Waals surface area contributed by atoms with Crippen molar-refractivity contribution in [1.29, 1.82) is 0 Å². The van der Waals surface area contributed by atoms with Crippen molar-refractivity contribution < 1.29 is 33.4 Å². The van der Waals surface area contributed by atoms with E-state index in [1.165, 1.54) is 31.3 Å². The molecule has 2 atom stereocenters. The Balaban J connectivity index is 1.71. The standard InChI is InChI=1S/C26H31N3O7/c1-15(2)24(28-25(32)17-11-18(34-4)13-19(12-17)35-5)26(33)36-14-23(31)29-16(3)10-22(30)27-20-8-6-7-9-21(20)29/h6-9,11-13,15-16,24H,10,14H2,1-5H3,(H,27,30)(H,28,32)/t16?,24-/m0/s1. The minimum atomic E-state index is -1.00. The molecule has 0 radical (unpaired) electrons. The first kappa shape index (κ1) is 26.5. The van der Waals surface area contributed by atoms with Crippen LogP contribution >= 0.6 is 0 Å². The summed E-state index contributed by atoms with van der Waals surface area (Å²) in [6, 6.07) is 10.2. The average molecular weight is 498 g/mol. The third kappa shape index (κ3) is 6.12. The molecule has 1 aliphatic rings. The van der Waals surface area contributed by atoms with Gasteiger partial charge in [0.25, 0.3) is 11.8 Å². The molecule has 0 spiro atoms. The van der Waals surface area contributed by atoms with Gasteiger partial charge in [0.2, 0.25) is 5.91 Å². The summed E-state index contributed by atoms with van der Waals surface area (Å²) < 4.78 is 15.7. The van der Waals surface area contributed by atoms with Gasteiger partial charge >= 0.3 is 5.97 Å². The highest BCUT2D eigenvalue weighted by molar-refractivity contribution is 6.05. The maximum Gasteiger partial charge on any atom is 0.329 e. The zero-order valence-electron chi connectivity index (χ0n) is 21.0. The third-order valence-electron chi connectivity index (χ3n) is 5.79. The molecule has 1 heterocycles. The summed E-state index contributed by atoms with van der Waals surface area (Å²) in [7, 11) is 2.94. The number of benzene rings is 2. The zero-order valence-corrected chi connectivity index (χ0v) is 21.0. The third-order valence-corrected chi connectivity index (χ3v) is 5.79. The lowest BCUT2D eigenvalue weighted by atomic mass is 10.0. The molecule has 0 fully saturated rings. The summed E-state index contributed by atoms with van der Waals surface area (Å²) in [6.07, 6.45) is 0.100. The molecule has 2 N–H and O–H groups in total. The van der Waals surface area contributed by atoms with Gasteiger partial charge in [-0.05, 0) is 37.1 Å². The van der Waals surface area contributed by atoms with Crippen molar-refractivity contribution in [2.75, 3.05) is 31.0 Å². The van der Waals surface area contributed by atoms with Crippen LogP contribution in [0.1, 0.15) is 37.6 Å². The van der Waals surface area contributed by atoms with Gasteiger partial charge in [-0.3, -0.25) is 14.4 Å². The summed E-state index contributed by atoms with van der Waals surface area (Å²) in [6.45, 7) is 4.72. The summed E-state index contributed by atoms with van der Waals surface area (Å²) in [4.78, 5) is 52.5. The first-order valence-electron chi connectivity index (χ1n) is 11.6. The maximum absolute atomic E-state index is 13.1. The number of nitrogens with zero attached hydrogens (tertiary/aromatic N) is 1. The Kier molecular flexibility index (Phi) is 8.52. The van der Waals surface area contributed by atoms with Gasteiger partial charge in [0.1, 0.15) is 17.5 Å². The Bertz CT molecular complexity index is 1130. The number of para-hydroxylation sites is 2. The second-order valence-electron chi connectivity index (χ2n) is 8.79. The van der Waals surface area contributed by atoms with Gasteiger partial charge in [-0.2, -0.15) is 0 Å². The molecule has 192 valence electrons. The quantitative estimate of drug-likeness (QED) is 0.538. The Labute approximate surface area is 209 Å². The van der Waals surface area contributed by atoms with Gasteiger partial charge in [-0.1, -0.05) is 26.0 Å². The van der Waals surface area contributed by atoms with E-state index in [1.807, 2.05) is 0 Å². The van der Waals surface area contributed by atoms with Gasteiger partial charge in [0, 0.05) is 24.1 Å². The highest BCUT2D eigenvalue weighted by atomic mass is 16.5. The van der Waals surface area contributed by atoms with E-state index < -0.39 is 36.5 Å². The molecule has 0 saturated heterocycles. The zero-order chi connectivity index (χ0) is 26.4. The van der Waals surface area contributed by atoms with Crippen molar-refractivity contribution >= 4 is 35.1 Å². The summed E-state index contributed by atoms with van der Waals surface area (Å²) in [5, 5.41) is 5.46. The van der Waals surface area contributed by atoms with Crippen LogP contribution in [0, 0.1) is 5.92 Å². The van der Waals surface area contributed by atoms with Crippen molar-refractivity contribution in [3.63, 3.8) is 0 Å². The van der Waals surface area contributed by atoms with E-state index in [2.05, 4.69) is 10.6 Å². The Hall–Kier alpha value is -4.08. The number of fused-ring (bicyclic) bond motifs is 1. The molecule has 2 aromatic carbocycles. The molecular weight excluding hydrogens is 466 g/mol. The van der Waals surface area contributed by atoms with Gasteiger partial charge in [0.05, 0.1) is 25.6 Å². The van der Waals surface area contributed by atoms with Crippen LogP contribution in [0.4, 0.5) is 11.4 Å². The molecule has 2 aromatic rings. The first-order valence-corrected chi connectivity index (χ1v) is 11.6. The fourth-order valence-corrected chi connectivity index (χ4v) is 3.92. The monoisotopic (exact) mass is 497 g/mol. The van der Waals surface area contributed by atoms with Crippen LogP contribution in [0.5, 0.6) is 11.5 Å². The predicted octanol–water partition coefficient (Wildman–Crippen LogP) is 2.77. The number of hydrogen-bond acceptors (Lipinski definition) is 7. The molecule has 0 bridgehead atoms. The van der Waals surface area contributed by atoms with Gasteiger partial charge < -0.3 is 29.7 Å². The normalized spacial score (nSPS) is 15.8. The molecule has 0 saturated carbocycles. The lowest BCUT2D eigenvalue weighted by Crippen LogP contribution is -2.47. The largest absolute Gasteiger partial charge is 0.497 e. The average Bonchev–Trinajstić information content (AvgIpc) is 2.98. The predicted molar refractivity (Wildman–Crippen MR) is 133 cm³/mol. The van der Waals surface area contributed by atoms with Gasteiger partial charge in [0.15, 0.2) is 6.61 Å². The number of amides is 3. The van der Waals surface area contributed by atoms with Crippen molar-refractivity contribution in [1.82, 2.24) is 5.32 Å². The SMILES string of the molecule is COc1cc(OC)cc(C(=O)N[C@H](C(=O)OCC(=O)N2c3ccccc3NC(=O)CC2C)C(C)C)c1. The molecule has 0 aromatic heterocycles. The number of esters is 1. The minimum absolute atomic E-state index is 0.100. The fourth-order valence-electron chi connectivity index (χ4n) is 3.92. The Morgan fingerprint density at radius 2 is 1.72 bits per heavy atom. The Morgan fingerprint density at radius 3 is 2.33 bits per heavy atom. The number of carbonyl (C=O) groups is 4. The molecule has 36 heavy (non-hydrogen) atoms. The Morgan fingerprint density at radius 1 is 1.08 bits per heavy atom. The topological polar surface area (TPSA) is 123 Å². The van der Waals surface area contributed by atoms with Gasteiger partial charge in [-0.25, -0.2) is 4.79 Å². The van der Waals surface area contributed by atoms with Crippen LogP contribution in [-0.4, -0.2) is 56.6 Å². The molecule has 10 nitrogen and oxygen atoms in total. The number of methoxy groups -OCH3 is 2. The molecule has 1 aliphatic heterocycles. The van der Waals surface area contributed by atoms with Crippen LogP contribution in [0.3, 0.4) is 0 Å². The van der Waals surface area contributed by atoms with Crippen LogP contribution in [0.2, 0.25) is 0 Å². The molecule has 10 heteroatoms. The number of carbonyl (C=O) groups excluding carboxylic acids is 4. The number of nitrogens with one attached hydrogen (secondary N) is 2. The molecule has 3 rings (SSSR count). The highest BCUT2D eigenvalue weighted by Crippen LogP contribution is 2.31. The van der Waals surface area contributed by atoms with E-state index in [4.69, 9.17) is 14.2 Å². The smallest absolute Gasteiger partial charge is 0.329 e. The summed E-state index contributed by atoms with van der Waals surface area (Å²) in [5.41, 5.74) is 1.28. The first-order chi connectivity index (χ1) is 17.1. The van der Waals surface area contributed by atoms with Crippen molar-refractivity contribution in [3.05, 3.63) is 48.0 Å². The lowest BCUT2D eigenvalue weighted by molar-refractivity contribution is -0.150. The lowest BCUT2D eigenvalue weighted by Gasteiger charge is -2.28. The van der Waals surface area contributed by atoms with Crippen LogP contribution < -0.4 is 25.0 Å². The molecule has 1 unspecified atom stereocenters. The van der Waals surface area contributed by atoms with E-state index in [0.29, 0.717) is 22.9 Å². The molecule has 0 aliphatic carbocycles. The van der Waals surface area contributed by atoms with E-state index in [-0.39, 0.29) is 23.8 Å². The van der Waals surface area contributed by atoms with E-state index in [0.717, 1.165) is 0 Å². The second kappa shape index (κ2) is 11.6. The molecule has 3 amide bonds. The van der Waals surface area contributed by atoms with Crippen LogP contribution in [-0.2, 0) is 19.1 Å². The number of ether oxygens (including phenoxy) is 3. The second-order valence-corrected chi connectivity index (χ2v) is 8.79. The van der Waals surface area contributed by atoms with Gasteiger partial charge in [-0.15, -0.1) is 0 Å². The van der Waals surface area contributed by atoms with Crippen molar-refractivity contribution in [2.45, 2.75) is 39.3 Å². The van der Waals surface area contributed by atoms with Crippen molar-refractivity contribution in [3.8, 4) is 11.5 Å².